The minimum Gasteiger partial charge on any atom is -0.482 e. The molecule has 0 atom stereocenters. The van der Waals surface area contributed by atoms with Crippen molar-refractivity contribution in [2.45, 2.75) is 19.9 Å². The predicted octanol–water partition coefficient (Wildman–Crippen LogP) is 3.51. The summed E-state index contributed by atoms with van der Waals surface area (Å²) in [5.41, 5.74) is 1.94. The number of carbonyl (C=O) groups is 1. The maximum atomic E-state index is 12.3. The second-order valence-corrected chi connectivity index (χ2v) is 7.44. The van der Waals surface area contributed by atoms with E-state index < -0.39 is 0 Å². The molecule has 9 heteroatoms. The molecule has 1 aliphatic heterocycles. The summed E-state index contributed by atoms with van der Waals surface area (Å²) in [7, 11) is 3.99. The number of aliphatic imine (C=N–C) groups is 1. The fourth-order valence-corrected chi connectivity index (χ4v) is 3.60. The highest BCUT2D eigenvalue weighted by Gasteiger charge is 2.24. The number of halogens is 2. The lowest BCUT2D eigenvalue weighted by atomic mass is 10.2. The lowest BCUT2D eigenvalue weighted by molar-refractivity contribution is -0.121. The summed E-state index contributed by atoms with van der Waals surface area (Å²) in [5.74, 6) is 1.57. The fourth-order valence-electron chi connectivity index (χ4n) is 3.32. The Balaban J connectivity index is 0.00000320. The molecule has 2 aromatic rings. The van der Waals surface area contributed by atoms with Crippen molar-refractivity contribution in [2.75, 3.05) is 38.2 Å². The van der Waals surface area contributed by atoms with E-state index in [1.807, 2.05) is 62.1 Å². The van der Waals surface area contributed by atoms with Crippen molar-refractivity contribution in [1.29, 1.82) is 0 Å². The molecule has 0 saturated heterocycles. The number of amides is 1. The average Bonchev–Trinajstić information content (AvgIpc) is 3.02. The average molecular weight is 546 g/mol. The molecule has 1 N–H and O–H groups in total. The van der Waals surface area contributed by atoms with Gasteiger partial charge >= 0.3 is 0 Å². The minimum atomic E-state index is -0.0164. The Kier molecular flexibility index (Phi) is 9.29. The number of guanidine groups is 1. The van der Waals surface area contributed by atoms with Crippen LogP contribution in [0.15, 0.2) is 41.5 Å². The van der Waals surface area contributed by atoms with Gasteiger partial charge in [-0.2, -0.15) is 0 Å². The number of nitrogens with one attached hydrogen (secondary N) is 1. The first kappa shape index (κ1) is 24.3. The second-order valence-electron chi connectivity index (χ2n) is 7.01. The van der Waals surface area contributed by atoms with Gasteiger partial charge in [-0.05, 0) is 31.5 Å². The van der Waals surface area contributed by atoms with Crippen LogP contribution in [-0.4, -0.2) is 54.6 Å². The minimum absolute atomic E-state index is 0. The van der Waals surface area contributed by atoms with Crippen LogP contribution in [0.3, 0.4) is 0 Å². The van der Waals surface area contributed by atoms with E-state index in [1.54, 1.807) is 4.90 Å². The SMILES string of the molecule is CCNC(=NCCCN1C(=O)COc2ccccc21)N(C)Cc1cc(Cl)cn1C.I. The topological polar surface area (TPSA) is 62.1 Å². The van der Waals surface area contributed by atoms with Crippen molar-refractivity contribution in [2.24, 2.45) is 12.0 Å². The monoisotopic (exact) mass is 545 g/mol. The van der Waals surface area contributed by atoms with Crippen LogP contribution < -0.4 is 15.0 Å². The van der Waals surface area contributed by atoms with Gasteiger partial charge in [0.05, 0.1) is 17.3 Å². The van der Waals surface area contributed by atoms with Gasteiger partial charge in [0.1, 0.15) is 5.75 Å². The number of hydrogen-bond donors (Lipinski definition) is 1. The zero-order valence-corrected chi connectivity index (χ0v) is 20.7. The van der Waals surface area contributed by atoms with Gasteiger partial charge in [0.15, 0.2) is 12.6 Å². The predicted molar refractivity (Wildman–Crippen MR) is 132 cm³/mol. The molecule has 0 bridgehead atoms. The van der Waals surface area contributed by atoms with Crippen LogP contribution in [0.1, 0.15) is 19.0 Å². The van der Waals surface area contributed by atoms with Gasteiger partial charge in [-0.25, -0.2) is 0 Å². The summed E-state index contributed by atoms with van der Waals surface area (Å²) in [6, 6.07) is 9.60. The molecule has 7 nitrogen and oxygen atoms in total. The van der Waals surface area contributed by atoms with E-state index in [-0.39, 0.29) is 36.5 Å². The number of nitrogens with zero attached hydrogens (tertiary/aromatic N) is 4. The molecule has 0 unspecified atom stereocenters. The molecule has 164 valence electrons. The van der Waals surface area contributed by atoms with Crippen LogP contribution >= 0.6 is 35.6 Å². The zero-order chi connectivity index (χ0) is 20.8. The summed E-state index contributed by atoms with van der Waals surface area (Å²) < 4.78 is 7.51. The number of rotatable bonds is 7. The van der Waals surface area contributed by atoms with E-state index >= 15 is 0 Å². The molecule has 0 radical (unpaired) electrons. The van der Waals surface area contributed by atoms with Gasteiger partial charge < -0.3 is 24.4 Å². The first-order valence-corrected chi connectivity index (χ1v) is 10.2. The zero-order valence-electron chi connectivity index (χ0n) is 17.6. The quantitative estimate of drug-likeness (QED) is 0.250. The first-order valence-electron chi connectivity index (χ1n) is 9.82. The second kappa shape index (κ2) is 11.5. The summed E-state index contributed by atoms with van der Waals surface area (Å²) in [5, 5.41) is 4.05. The summed E-state index contributed by atoms with van der Waals surface area (Å²) in [4.78, 5) is 20.9. The largest absolute Gasteiger partial charge is 0.482 e. The first-order chi connectivity index (χ1) is 14.0. The number of aryl methyl sites for hydroxylation is 1. The number of hydrogen-bond acceptors (Lipinski definition) is 3. The van der Waals surface area contributed by atoms with Crippen molar-refractivity contribution in [3.8, 4) is 5.75 Å². The van der Waals surface area contributed by atoms with Crippen molar-refractivity contribution in [3.05, 3.63) is 47.2 Å². The Morgan fingerprint density at radius 2 is 2.13 bits per heavy atom. The highest BCUT2D eigenvalue weighted by atomic mass is 127. The van der Waals surface area contributed by atoms with E-state index in [9.17, 15) is 4.79 Å². The smallest absolute Gasteiger partial charge is 0.265 e. The van der Waals surface area contributed by atoms with Crippen molar-refractivity contribution in [3.63, 3.8) is 0 Å². The molecule has 30 heavy (non-hydrogen) atoms. The summed E-state index contributed by atoms with van der Waals surface area (Å²) >= 11 is 6.09. The molecule has 0 fully saturated rings. The summed E-state index contributed by atoms with van der Waals surface area (Å²) in [6.07, 6.45) is 2.66. The molecule has 1 aromatic carbocycles. The molecule has 0 spiro atoms. The van der Waals surface area contributed by atoms with Gasteiger partial charge in [0.2, 0.25) is 0 Å². The van der Waals surface area contributed by atoms with Crippen LogP contribution in [0.4, 0.5) is 5.69 Å². The Labute approximate surface area is 200 Å². The van der Waals surface area contributed by atoms with Gasteiger partial charge in [0, 0.05) is 45.6 Å². The Hall–Kier alpha value is -1.94. The van der Waals surface area contributed by atoms with Crippen LogP contribution in [0.25, 0.3) is 0 Å². The van der Waals surface area contributed by atoms with E-state index in [0.717, 1.165) is 41.1 Å². The van der Waals surface area contributed by atoms with Gasteiger partial charge in [-0.1, -0.05) is 23.7 Å². The standard InChI is InChI=1S/C21H28ClN5O2.HI/c1-4-23-21(26(3)14-17-12-16(22)13-25(17)2)24-10-7-11-27-18-8-5-6-9-19(18)29-15-20(27)28;/h5-6,8-9,12-13H,4,7,10-11,14-15H2,1-3H3,(H,23,24);1H. The van der Waals surface area contributed by atoms with Crippen LogP contribution in [0, 0.1) is 0 Å². The molecule has 1 amide bonds. The molecule has 3 rings (SSSR count). The molecule has 1 aromatic heterocycles. The lowest BCUT2D eigenvalue weighted by Crippen LogP contribution is -2.40. The van der Waals surface area contributed by atoms with E-state index in [4.69, 9.17) is 21.3 Å². The van der Waals surface area contributed by atoms with Crippen LogP contribution in [0.2, 0.25) is 5.02 Å². The summed E-state index contributed by atoms with van der Waals surface area (Å²) in [6.45, 7) is 4.85. The fraction of sp³-hybridized carbons (Fsp3) is 0.429. The molecule has 0 aliphatic carbocycles. The van der Waals surface area contributed by atoms with Crippen molar-refractivity contribution >= 4 is 53.1 Å². The third-order valence-electron chi connectivity index (χ3n) is 4.78. The Bertz CT molecular complexity index is 886. The third-order valence-corrected chi connectivity index (χ3v) is 4.99. The van der Waals surface area contributed by atoms with Gasteiger partial charge in [0.25, 0.3) is 5.91 Å². The maximum absolute atomic E-state index is 12.3. The number of aromatic nitrogens is 1. The third kappa shape index (κ3) is 6.04. The number of benzene rings is 1. The molecular weight excluding hydrogens is 517 g/mol. The molecule has 0 saturated carbocycles. The van der Waals surface area contributed by atoms with Crippen molar-refractivity contribution < 1.29 is 9.53 Å². The molecular formula is C21H29ClIN5O2. The van der Waals surface area contributed by atoms with Gasteiger partial charge in [-0.15, -0.1) is 24.0 Å². The Morgan fingerprint density at radius 3 is 2.83 bits per heavy atom. The molecule has 1 aliphatic rings. The highest BCUT2D eigenvalue weighted by molar-refractivity contribution is 14.0. The number of fused-ring (bicyclic) bond motifs is 1. The molecule has 2 heterocycles. The van der Waals surface area contributed by atoms with Gasteiger partial charge in [-0.3, -0.25) is 9.79 Å². The van der Waals surface area contributed by atoms with Crippen molar-refractivity contribution in [1.82, 2.24) is 14.8 Å². The highest BCUT2D eigenvalue weighted by Crippen LogP contribution is 2.31. The number of para-hydroxylation sites is 2. The van der Waals surface area contributed by atoms with E-state index in [1.165, 1.54) is 0 Å². The normalized spacial score (nSPS) is 13.4. The Morgan fingerprint density at radius 1 is 1.37 bits per heavy atom. The maximum Gasteiger partial charge on any atom is 0.265 e. The van der Waals surface area contributed by atoms with E-state index in [0.29, 0.717) is 19.6 Å². The number of carbonyl (C=O) groups excluding carboxylic acids is 1. The van der Waals surface area contributed by atoms with Crippen LogP contribution in [-0.2, 0) is 18.4 Å². The van der Waals surface area contributed by atoms with Crippen LogP contribution in [0.5, 0.6) is 5.75 Å². The number of anilines is 1. The number of ether oxygens (including phenoxy) is 1. The lowest BCUT2D eigenvalue weighted by Gasteiger charge is -2.29. The van der Waals surface area contributed by atoms with E-state index in [2.05, 4.69) is 10.2 Å².